The number of benzene rings is 1. The summed E-state index contributed by atoms with van der Waals surface area (Å²) in [6.07, 6.45) is 1.52. The molecule has 130 valence electrons. The lowest BCUT2D eigenvalue weighted by atomic mass is 10.0. The van der Waals surface area contributed by atoms with Crippen molar-refractivity contribution in [3.63, 3.8) is 0 Å². The van der Waals surface area contributed by atoms with Crippen molar-refractivity contribution in [2.75, 3.05) is 20.7 Å². The van der Waals surface area contributed by atoms with Crippen LogP contribution < -0.4 is 5.32 Å². The summed E-state index contributed by atoms with van der Waals surface area (Å²) in [5.74, 6) is -0.638. The van der Waals surface area contributed by atoms with Crippen LogP contribution in [-0.4, -0.2) is 48.5 Å². The van der Waals surface area contributed by atoms with Gasteiger partial charge in [-0.05, 0) is 13.0 Å². The van der Waals surface area contributed by atoms with Gasteiger partial charge >= 0.3 is 0 Å². The van der Waals surface area contributed by atoms with Crippen LogP contribution >= 0.6 is 0 Å². The fourth-order valence-electron chi connectivity index (χ4n) is 2.28. The minimum atomic E-state index is -0.840. The lowest BCUT2D eigenvalue weighted by molar-refractivity contribution is -0.117. The molecule has 7 nitrogen and oxygen atoms in total. The van der Waals surface area contributed by atoms with Crippen LogP contribution in [0.1, 0.15) is 12.5 Å². The highest BCUT2D eigenvalue weighted by molar-refractivity contribution is 6.15. The summed E-state index contributed by atoms with van der Waals surface area (Å²) in [7, 11) is 3.43. The van der Waals surface area contributed by atoms with E-state index in [0.29, 0.717) is 11.5 Å². The molecule has 1 heterocycles. The van der Waals surface area contributed by atoms with Gasteiger partial charge in [0.15, 0.2) is 0 Å². The van der Waals surface area contributed by atoms with Crippen molar-refractivity contribution in [3.8, 4) is 6.07 Å². The molecule has 0 aliphatic carbocycles. The zero-order chi connectivity index (χ0) is 18.4. The van der Waals surface area contributed by atoms with Crippen molar-refractivity contribution >= 4 is 11.7 Å². The third-order valence-corrected chi connectivity index (χ3v) is 3.51. The van der Waals surface area contributed by atoms with E-state index in [1.54, 1.807) is 25.9 Å². The summed E-state index contributed by atoms with van der Waals surface area (Å²) in [4.78, 5) is 18.6. The molecule has 1 aliphatic heterocycles. The minimum Gasteiger partial charge on any atom is -0.481 e. The van der Waals surface area contributed by atoms with Crippen LogP contribution in [0, 0.1) is 11.3 Å². The number of carbonyl (C=O) groups is 1. The van der Waals surface area contributed by atoms with Gasteiger partial charge in [-0.2, -0.15) is 5.26 Å². The molecule has 1 unspecified atom stereocenters. The van der Waals surface area contributed by atoms with Gasteiger partial charge in [0.05, 0.1) is 6.61 Å². The normalized spacial score (nSPS) is 19.4. The third-order valence-electron chi connectivity index (χ3n) is 3.51. The number of aliphatic hydroxyl groups is 1. The van der Waals surface area contributed by atoms with Crippen LogP contribution in [0.15, 0.2) is 58.6 Å². The molecule has 1 aliphatic rings. The number of amides is 1. The van der Waals surface area contributed by atoms with Gasteiger partial charge in [0.1, 0.15) is 29.2 Å². The lowest BCUT2D eigenvalue weighted by Crippen LogP contribution is -2.41. The van der Waals surface area contributed by atoms with Crippen LogP contribution in [0.5, 0.6) is 0 Å². The maximum atomic E-state index is 12.5. The largest absolute Gasteiger partial charge is 0.481 e. The Labute approximate surface area is 146 Å². The lowest BCUT2D eigenvalue weighted by Gasteiger charge is -2.23. The van der Waals surface area contributed by atoms with E-state index < -0.39 is 17.9 Å². The maximum Gasteiger partial charge on any atom is 0.288 e. The molecular formula is C18H20N4O3. The van der Waals surface area contributed by atoms with Gasteiger partial charge in [-0.3, -0.25) is 9.79 Å². The Morgan fingerprint density at radius 2 is 2.12 bits per heavy atom. The summed E-state index contributed by atoms with van der Waals surface area (Å²) in [5, 5.41) is 22.0. The van der Waals surface area contributed by atoms with E-state index in [2.05, 4.69) is 16.4 Å². The van der Waals surface area contributed by atoms with Gasteiger partial charge in [-0.1, -0.05) is 30.3 Å². The zero-order valence-electron chi connectivity index (χ0n) is 14.4. The Morgan fingerprint density at radius 1 is 1.44 bits per heavy atom. The Hall–Kier alpha value is -3.27. The van der Waals surface area contributed by atoms with Crippen molar-refractivity contribution in [3.05, 3.63) is 59.2 Å². The van der Waals surface area contributed by atoms with Crippen LogP contribution in [-0.2, 0) is 9.53 Å². The number of rotatable bonds is 5. The average Bonchev–Trinajstić information content (AvgIpc) is 2.59. The highest BCUT2D eigenvalue weighted by atomic mass is 16.6. The number of aliphatic hydroxyl groups excluding tert-OH is 1. The first-order valence-corrected chi connectivity index (χ1v) is 7.77. The monoisotopic (exact) mass is 340 g/mol. The van der Waals surface area contributed by atoms with Crippen LogP contribution in [0.25, 0.3) is 0 Å². The van der Waals surface area contributed by atoms with Crippen LogP contribution in [0.3, 0.4) is 0 Å². The van der Waals surface area contributed by atoms with E-state index in [4.69, 9.17) is 4.74 Å². The molecule has 25 heavy (non-hydrogen) atoms. The summed E-state index contributed by atoms with van der Waals surface area (Å²) in [6.45, 7) is 1.90. The number of ether oxygens (including phenoxy) is 1. The molecule has 2 rings (SSSR count). The predicted octanol–water partition coefficient (Wildman–Crippen LogP) is 1.71. The molecule has 0 aromatic heterocycles. The maximum absolute atomic E-state index is 12.5. The molecule has 2 N–H and O–H groups in total. The SMILES string of the molecule is CCOC(O)=C1C(=O)NC(c2ccccc2)=NC1C=C(C#N)N(C)C. The van der Waals surface area contributed by atoms with Gasteiger partial charge in [0, 0.05) is 19.7 Å². The fraction of sp³-hybridized carbons (Fsp3) is 0.278. The Balaban J connectivity index is 2.57. The molecule has 0 saturated heterocycles. The van der Waals surface area contributed by atoms with Crippen LogP contribution in [0.4, 0.5) is 0 Å². The van der Waals surface area contributed by atoms with Crippen molar-refractivity contribution in [1.29, 1.82) is 5.26 Å². The highest BCUT2D eigenvalue weighted by Crippen LogP contribution is 2.21. The standard InChI is InChI=1S/C18H20N4O3/c1-4-25-18(24)15-14(10-13(11-19)22(2)3)20-16(21-17(15)23)12-8-6-5-7-9-12/h5-10,14,24H,4H2,1-3H3,(H,20,21,23). The fourth-order valence-corrected chi connectivity index (χ4v) is 2.28. The smallest absolute Gasteiger partial charge is 0.288 e. The molecule has 1 amide bonds. The topological polar surface area (TPSA) is 98.0 Å². The molecule has 0 spiro atoms. The Kier molecular flexibility index (Phi) is 5.79. The zero-order valence-corrected chi connectivity index (χ0v) is 14.4. The molecule has 0 saturated carbocycles. The number of hydrogen-bond acceptors (Lipinski definition) is 6. The summed E-state index contributed by atoms with van der Waals surface area (Å²) in [6, 6.07) is 10.4. The minimum absolute atomic E-state index is 0.0314. The van der Waals surface area contributed by atoms with E-state index >= 15 is 0 Å². The number of nitrogens with zero attached hydrogens (tertiary/aromatic N) is 3. The number of amidine groups is 1. The van der Waals surface area contributed by atoms with E-state index in [-0.39, 0.29) is 12.2 Å². The molecule has 1 aromatic carbocycles. The van der Waals surface area contributed by atoms with Gasteiger partial charge in [-0.15, -0.1) is 0 Å². The van der Waals surface area contributed by atoms with Crippen LogP contribution in [0.2, 0.25) is 0 Å². The third kappa shape index (κ3) is 4.18. The van der Waals surface area contributed by atoms with Gasteiger partial charge in [0.2, 0.25) is 0 Å². The number of allylic oxidation sites excluding steroid dienone is 1. The molecule has 0 radical (unpaired) electrons. The molecular weight excluding hydrogens is 320 g/mol. The molecule has 1 aromatic rings. The number of hydrogen-bond donors (Lipinski definition) is 2. The predicted molar refractivity (Wildman–Crippen MR) is 93.6 cm³/mol. The first-order chi connectivity index (χ1) is 12.0. The summed E-state index contributed by atoms with van der Waals surface area (Å²) >= 11 is 0. The second-order valence-electron chi connectivity index (χ2n) is 5.45. The van der Waals surface area contributed by atoms with Crippen molar-refractivity contribution in [2.24, 2.45) is 4.99 Å². The van der Waals surface area contributed by atoms with Gasteiger partial charge < -0.3 is 20.1 Å². The number of aliphatic imine (C=N–C) groups is 1. The number of nitriles is 1. The molecule has 0 bridgehead atoms. The molecule has 0 fully saturated rings. The van der Waals surface area contributed by atoms with Gasteiger partial charge in [-0.25, -0.2) is 0 Å². The highest BCUT2D eigenvalue weighted by Gasteiger charge is 2.31. The molecule has 7 heteroatoms. The van der Waals surface area contributed by atoms with E-state index in [1.165, 1.54) is 6.08 Å². The average molecular weight is 340 g/mol. The van der Waals surface area contributed by atoms with E-state index in [0.717, 1.165) is 5.56 Å². The summed E-state index contributed by atoms with van der Waals surface area (Å²) < 4.78 is 5.08. The molecule has 1 atom stereocenters. The van der Waals surface area contributed by atoms with E-state index in [1.807, 2.05) is 30.3 Å². The Bertz CT molecular complexity index is 773. The van der Waals surface area contributed by atoms with Crippen molar-refractivity contribution in [1.82, 2.24) is 10.2 Å². The number of nitrogens with one attached hydrogen (secondary N) is 1. The summed E-state index contributed by atoms with van der Waals surface area (Å²) in [5.41, 5.74) is 1.02. The Morgan fingerprint density at radius 3 is 2.68 bits per heavy atom. The van der Waals surface area contributed by atoms with Crippen molar-refractivity contribution < 1.29 is 14.6 Å². The first-order valence-electron chi connectivity index (χ1n) is 7.77. The number of carbonyl (C=O) groups excluding carboxylic acids is 1. The van der Waals surface area contributed by atoms with E-state index in [9.17, 15) is 15.2 Å². The van der Waals surface area contributed by atoms with Crippen molar-refractivity contribution in [2.45, 2.75) is 13.0 Å². The second-order valence-corrected chi connectivity index (χ2v) is 5.45. The quantitative estimate of drug-likeness (QED) is 0.483. The second kappa shape index (κ2) is 8.02. The first kappa shape index (κ1) is 18.1. The van der Waals surface area contributed by atoms with Gasteiger partial charge in [0.25, 0.3) is 11.9 Å².